The number of carbonyl (C=O) groups is 1. The summed E-state index contributed by atoms with van der Waals surface area (Å²) in [6.07, 6.45) is -0.434. The second-order valence-corrected chi connectivity index (χ2v) is 6.68. The van der Waals surface area contributed by atoms with Gasteiger partial charge in [-0.1, -0.05) is 17.7 Å². The lowest BCUT2D eigenvalue weighted by molar-refractivity contribution is 0.262. The van der Waals surface area contributed by atoms with Crippen LogP contribution in [0.2, 0.25) is 5.02 Å². The first-order valence-electron chi connectivity index (χ1n) is 9.61. The van der Waals surface area contributed by atoms with E-state index in [4.69, 9.17) is 20.1 Å². The molecule has 5 N–H and O–H groups in total. The zero-order valence-corrected chi connectivity index (χ0v) is 15.7. The maximum Gasteiger partial charge on any atom is 0.323 e. The molecule has 0 fully saturated rings. The molecule has 0 radical (unpaired) electrons. The number of nitrogen functional groups attached to an aromatic ring is 1. The predicted octanol–water partition coefficient (Wildman–Crippen LogP) is 5.17. The van der Waals surface area contributed by atoms with E-state index in [2.05, 4.69) is 20.6 Å². The average Bonchev–Trinajstić information content (AvgIpc) is 3.17. The van der Waals surface area contributed by atoms with Gasteiger partial charge in [-0.15, -0.1) is 0 Å². The molecule has 4 aromatic rings. The number of anilines is 3. The number of aromatic amines is 1. The van der Waals surface area contributed by atoms with E-state index in [9.17, 15) is 9.18 Å². The summed E-state index contributed by atoms with van der Waals surface area (Å²) in [7, 11) is 0. The van der Waals surface area contributed by atoms with Crippen molar-refractivity contribution in [1.82, 2.24) is 9.97 Å². The maximum absolute atomic E-state index is 13.9. The molecular weight excluding hydrogens is 393 g/mol. The van der Waals surface area contributed by atoms with Gasteiger partial charge in [0.15, 0.2) is 0 Å². The molecule has 29 heavy (non-hydrogen) atoms. The Morgan fingerprint density at radius 2 is 2.00 bits per heavy atom. The van der Waals surface area contributed by atoms with Gasteiger partial charge >= 0.3 is 6.03 Å². The molecule has 0 spiro atoms. The number of halogens is 2. The molecule has 0 bridgehead atoms. The van der Waals surface area contributed by atoms with Crippen LogP contribution in [0.5, 0.6) is 0 Å². The van der Waals surface area contributed by atoms with E-state index >= 15 is 0 Å². The topological polar surface area (TPSA) is 95.8 Å². The molecule has 0 unspecified atom stereocenters. The summed E-state index contributed by atoms with van der Waals surface area (Å²) in [5, 5.41) is 5.95. The minimum Gasteiger partial charge on any atom is -0.384 e. The van der Waals surface area contributed by atoms with Crippen LogP contribution in [0.3, 0.4) is 0 Å². The number of carbonyl (C=O) groups excluding carboxylic acids is 1. The van der Waals surface area contributed by atoms with E-state index in [-0.39, 0.29) is 22.2 Å². The Hall–Kier alpha value is -3.58. The van der Waals surface area contributed by atoms with Gasteiger partial charge in [0.05, 0.1) is 11.4 Å². The number of fused-ring (bicyclic) bond motifs is 1. The van der Waals surface area contributed by atoms with Crippen LogP contribution in [0, 0.1) is 5.82 Å². The fourth-order valence-corrected chi connectivity index (χ4v) is 3.05. The van der Waals surface area contributed by atoms with Gasteiger partial charge in [0.1, 0.15) is 11.6 Å². The Bertz CT molecular complexity index is 1290. The SMILES string of the molecule is [2H]C([2H])(c1ccnc(N)c1)c1cc2c(NC(=O)Nc3cc(Cl)ccc3F)cccc2[nH]1. The van der Waals surface area contributed by atoms with Gasteiger partial charge in [-0.2, -0.15) is 0 Å². The smallest absolute Gasteiger partial charge is 0.323 e. The van der Waals surface area contributed by atoms with Crippen molar-refractivity contribution in [3.8, 4) is 0 Å². The molecule has 2 aromatic heterocycles. The molecule has 2 heterocycles. The third-order valence-corrected chi connectivity index (χ3v) is 4.38. The van der Waals surface area contributed by atoms with Crippen LogP contribution in [-0.4, -0.2) is 16.0 Å². The van der Waals surface area contributed by atoms with Crippen LogP contribution in [-0.2, 0) is 6.37 Å². The monoisotopic (exact) mass is 411 g/mol. The number of hydrogen-bond acceptors (Lipinski definition) is 3. The highest BCUT2D eigenvalue weighted by molar-refractivity contribution is 6.31. The highest BCUT2D eigenvalue weighted by atomic mass is 35.5. The van der Waals surface area contributed by atoms with Crippen molar-refractivity contribution in [1.29, 1.82) is 0 Å². The first kappa shape index (κ1) is 16.4. The fourth-order valence-electron chi connectivity index (χ4n) is 2.88. The average molecular weight is 412 g/mol. The molecule has 4 rings (SSSR count). The lowest BCUT2D eigenvalue weighted by atomic mass is 10.1. The molecule has 0 aliphatic rings. The molecule has 0 saturated heterocycles. The molecular formula is C21H17ClFN5O. The van der Waals surface area contributed by atoms with E-state index in [1.54, 1.807) is 30.3 Å². The molecule has 2 amide bonds. The Kier molecular flexibility index (Phi) is 4.41. The van der Waals surface area contributed by atoms with Gasteiger partial charge in [0, 0.05) is 36.9 Å². The molecule has 0 atom stereocenters. The number of hydrogen-bond donors (Lipinski definition) is 4. The fraction of sp³-hybridized carbons (Fsp3) is 0.0476. The zero-order valence-electron chi connectivity index (χ0n) is 17.0. The van der Waals surface area contributed by atoms with Gasteiger partial charge in [-0.3, -0.25) is 0 Å². The normalized spacial score (nSPS) is 12.3. The van der Waals surface area contributed by atoms with Gasteiger partial charge < -0.3 is 21.4 Å². The number of nitrogens with zero attached hydrogens (tertiary/aromatic N) is 1. The number of nitrogens with two attached hydrogens (primary N) is 1. The molecule has 146 valence electrons. The number of amides is 2. The van der Waals surface area contributed by atoms with Crippen molar-refractivity contribution in [3.05, 3.63) is 82.9 Å². The van der Waals surface area contributed by atoms with Crippen LogP contribution < -0.4 is 16.4 Å². The van der Waals surface area contributed by atoms with Gasteiger partial charge in [-0.05, 0) is 54.1 Å². The van der Waals surface area contributed by atoms with Crippen LogP contribution in [0.4, 0.5) is 26.4 Å². The third kappa shape index (κ3) is 4.30. The van der Waals surface area contributed by atoms with Crippen LogP contribution in [0.1, 0.15) is 14.0 Å². The highest BCUT2D eigenvalue weighted by Gasteiger charge is 2.11. The number of pyridine rings is 1. The third-order valence-electron chi connectivity index (χ3n) is 4.15. The number of rotatable bonds is 4. The van der Waals surface area contributed by atoms with E-state index < -0.39 is 18.2 Å². The van der Waals surface area contributed by atoms with E-state index in [1.807, 2.05) is 0 Å². The zero-order chi connectivity index (χ0) is 22.2. The summed E-state index contributed by atoms with van der Waals surface area (Å²) in [6.45, 7) is 0. The highest BCUT2D eigenvalue weighted by Crippen LogP contribution is 2.26. The lowest BCUT2D eigenvalue weighted by Gasteiger charge is -2.09. The van der Waals surface area contributed by atoms with Crippen molar-refractivity contribution >= 4 is 45.7 Å². The lowest BCUT2D eigenvalue weighted by Crippen LogP contribution is -2.20. The van der Waals surface area contributed by atoms with E-state index in [0.717, 1.165) is 6.07 Å². The summed E-state index contributed by atoms with van der Waals surface area (Å²) in [4.78, 5) is 19.4. The minimum absolute atomic E-state index is 0.0569. The van der Waals surface area contributed by atoms with Gasteiger partial charge in [-0.25, -0.2) is 14.2 Å². The summed E-state index contributed by atoms with van der Waals surface area (Å²) in [5.74, 6) is -0.406. The molecule has 0 saturated carbocycles. The first-order valence-corrected chi connectivity index (χ1v) is 8.99. The molecule has 2 aromatic carbocycles. The molecule has 0 aliphatic heterocycles. The molecule has 8 heteroatoms. The summed E-state index contributed by atoms with van der Waals surface area (Å²) in [6, 6.07) is 12.9. The number of aromatic nitrogens is 2. The summed E-state index contributed by atoms with van der Waals surface area (Å²) >= 11 is 5.85. The predicted molar refractivity (Wildman–Crippen MR) is 114 cm³/mol. The van der Waals surface area contributed by atoms with Crippen molar-refractivity contribution in [3.63, 3.8) is 0 Å². The Morgan fingerprint density at radius 3 is 2.83 bits per heavy atom. The van der Waals surface area contributed by atoms with Crippen molar-refractivity contribution < 1.29 is 11.9 Å². The van der Waals surface area contributed by atoms with Crippen molar-refractivity contribution in [2.45, 2.75) is 6.37 Å². The Labute approximate surface area is 173 Å². The maximum atomic E-state index is 13.9. The number of nitrogens with one attached hydrogen (secondary N) is 3. The summed E-state index contributed by atoms with van der Waals surface area (Å²) in [5.41, 5.74) is 7.30. The Balaban J connectivity index is 1.63. The van der Waals surface area contributed by atoms with Crippen LogP contribution in [0.15, 0.2) is 60.8 Å². The number of benzene rings is 2. The van der Waals surface area contributed by atoms with Crippen molar-refractivity contribution in [2.75, 3.05) is 16.4 Å². The Morgan fingerprint density at radius 1 is 1.17 bits per heavy atom. The quantitative estimate of drug-likeness (QED) is 0.373. The van der Waals surface area contributed by atoms with Crippen molar-refractivity contribution in [2.24, 2.45) is 0 Å². The second-order valence-electron chi connectivity index (χ2n) is 6.25. The van der Waals surface area contributed by atoms with Crippen LogP contribution >= 0.6 is 11.6 Å². The number of H-pyrrole nitrogens is 1. The van der Waals surface area contributed by atoms with Crippen LogP contribution in [0.25, 0.3) is 10.9 Å². The molecule has 6 nitrogen and oxygen atoms in total. The van der Waals surface area contributed by atoms with Gasteiger partial charge in [0.2, 0.25) is 0 Å². The standard InChI is InChI=1S/C21H17ClFN5O/c22-13-4-5-16(23)19(10-13)28-21(29)27-18-3-1-2-17-15(18)11-14(26-17)8-12-6-7-25-20(24)9-12/h1-7,9-11,26H,8H2,(H2,24,25)(H2,27,28,29)/i8D2. The molecule has 0 aliphatic carbocycles. The number of urea groups is 1. The minimum atomic E-state index is -1.88. The van der Waals surface area contributed by atoms with Gasteiger partial charge in [0.25, 0.3) is 0 Å². The summed E-state index contributed by atoms with van der Waals surface area (Å²) < 4.78 is 31.0. The largest absolute Gasteiger partial charge is 0.384 e. The second kappa shape index (κ2) is 7.81. The first-order chi connectivity index (χ1) is 14.7. The van der Waals surface area contributed by atoms with E-state index in [1.165, 1.54) is 24.4 Å². The van der Waals surface area contributed by atoms with E-state index in [0.29, 0.717) is 22.2 Å².